The van der Waals surface area contributed by atoms with Crippen LogP contribution in [0, 0.1) is 6.92 Å². The van der Waals surface area contributed by atoms with Gasteiger partial charge in [-0.05, 0) is 58.6 Å². The van der Waals surface area contributed by atoms with Crippen LogP contribution in [-0.2, 0) is 6.42 Å². The van der Waals surface area contributed by atoms with Gasteiger partial charge in [0, 0.05) is 26.2 Å². The second-order valence-corrected chi connectivity index (χ2v) is 7.23. The lowest BCUT2D eigenvalue weighted by Gasteiger charge is -2.17. The first-order valence-electron chi connectivity index (χ1n) is 6.68. The summed E-state index contributed by atoms with van der Waals surface area (Å²) >= 11 is 11.6. The molecule has 2 rings (SSSR count). The average Bonchev–Trinajstić information content (AvgIpc) is 2.47. The molecule has 0 fully saturated rings. The summed E-state index contributed by atoms with van der Waals surface area (Å²) in [5, 5.41) is 0.807. The minimum atomic E-state index is 0.169. The summed E-state index contributed by atoms with van der Waals surface area (Å²) < 4.78 is 1.11. The van der Waals surface area contributed by atoms with Crippen molar-refractivity contribution < 1.29 is 0 Å². The normalized spacial score (nSPS) is 12.4. The van der Waals surface area contributed by atoms with Crippen molar-refractivity contribution in [2.45, 2.75) is 24.3 Å². The number of nitrogens with two attached hydrogens (primary N) is 1. The summed E-state index contributed by atoms with van der Waals surface area (Å²) in [7, 11) is 0. The summed E-state index contributed by atoms with van der Waals surface area (Å²) in [6.45, 7) is 2.04. The molecule has 0 heterocycles. The lowest BCUT2D eigenvalue weighted by Crippen LogP contribution is -2.38. The molecule has 2 aromatic rings. The van der Waals surface area contributed by atoms with Gasteiger partial charge in [-0.15, -0.1) is 11.8 Å². The molecule has 1 atom stereocenters. The number of rotatable bonds is 6. The predicted octanol–water partition coefficient (Wildman–Crippen LogP) is 4.58. The Balaban J connectivity index is 1.99. The van der Waals surface area contributed by atoms with Gasteiger partial charge in [0.1, 0.15) is 0 Å². The fourth-order valence-electron chi connectivity index (χ4n) is 2.00. The first-order valence-corrected chi connectivity index (χ1v) is 8.84. The molecule has 0 saturated heterocycles. The van der Waals surface area contributed by atoms with Gasteiger partial charge in [0.05, 0.1) is 0 Å². The summed E-state index contributed by atoms with van der Waals surface area (Å²) in [5.41, 5.74) is 5.18. The highest BCUT2D eigenvalue weighted by Crippen LogP contribution is 2.28. The van der Waals surface area contributed by atoms with Crippen molar-refractivity contribution in [3.8, 4) is 0 Å². The van der Waals surface area contributed by atoms with Gasteiger partial charge in [0.2, 0.25) is 0 Å². The Morgan fingerprint density at radius 1 is 1.29 bits per heavy atom. The lowest BCUT2D eigenvalue weighted by molar-refractivity contribution is 0.575. The minimum Gasteiger partial charge on any atom is -0.271 e. The molecule has 3 N–H and O–H groups in total. The van der Waals surface area contributed by atoms with Crippen LogP contribution in [0.2, 0.25) is 5.02 Å². The molecule has 0 aromatic heterocycles. The Bertz CT molecular complexity index is 607. The maximum atomic E-state index is 6.29. The van der Waals surface area contributed by atoms with Gasteiger partial charge in [-0.1, -0.05) is 35.9 Å². The van der Waals surface area contributed by atoms with E-state index in [1.165, 1.54) is 10.5 Å². The molecule has 0 amide bonds. The zero-order chi connectivity index (χ0) is 15.2. The van der Waals surface area contributed by atoms with Crippen LogP contribution in [0.4, 0.5) is 0 Å². The van der Waals surface area contributed by atoms with Gasteiger partial charge >= 0.3 is 0 Å². The molecule has 2 nitrogen and oxygen atoms in total. The van der Waals surface area contributed by atoms with Crippen LogP contribution >= 0.6 is 39.3 Å². The molecule has 21 heavy (non-hydrogen) atoms. The highest BCUT2D eigenvalue weighted by atomic mass is 79.9. The topological polar surface area (TPSA) is 38.0 Å². The Hall–Kier alpha value is -0.520. The van der Waals surface area contributed by atoms with E-state index in [0.29, 0.717) is 0 Å². The van der Waals surface area contributed by atoms with Gasteiger partial charge in [-0.25, -0.2) is 0 Å². The number of hydrazine groups is 1. The third-order valence-electron chi connectivity index (χ3n) is 3.19. The third kappa shape index (κ3) is 5.01. The summed E-state index contributed by atoms with van der Waals surface area (Å²) in [4.78, 5) is 1.22. The molecule has 0 radical (unpaired) electrons. The average molecular weight is 386 g/mol. The molecular formula is C16H18BrClN2S. The molecule has 0 aliphatic heterocycles. The number of nitrogens with one attached hydrogen (secondary N) is 1. The summed E-state index contributed by atoms with van der Waals surface area (Å²) in [5.74, 6) is 6.56. The first-order chi connectivity index (χ1) is 10.1. The van der Waals surface area contributed by atoms with E-state index in [4.69, 9.17) is 17.4 Å². The van der Waals surface area contributed by atoms with Crippen LogP contribution in [0.15, 0.2) is 51.8 Å². The zero-order valence-electron chi connectivity index (χ0n) is 11.8. The highest BCUT2D eigenvalue weighted by molar-refractivity contribution is 9.10. The Morgan fingerprint density at radius 3 is 2.71 bits per heavy atom. The first kappa shape index (κ1) is 16.8. The van der Waals surface area contributed by atoms with Gasteiger partial charge < -0.3 is 0 Å². The molecule has 112 valence electrons. The Morgan fingerprint density at radius 2 is 2.05 bits per heavy atom. The van der Waals surface area contributed by atoms with Gasteiger partial charge in [0.25, 0.3) is 0 Å². The van der Waals surface area contributed by atoms with Crippen molar-refractivity contribution in [1.82, 2.24) is 5.43 Å². The van der Waals surface area contributed by atoms with Crippen molar-refractivity contribution in [2.24, 2.45) is 5.84 Å². The fraction of sp³-hybridized carbons (Fsp3) is 0.250. The van der Waals surface area contributed by atoms with Crippen molar-refractivity contribution in [3.63, 3.8) is 0 Å². The number of hydrogen-bond acceptors (Lipinski definition) is 3. The van der Waals surface area contributed by atoms with Crippen molar-refractivity contribution >= 4 is 39.3 Å². The monoisotopic (exact) mass is 384 g/mol. The van der Waals surface area contributed by atoms with Gasteiger partial charge in [-0.2, -0.15) is 0 Å². The number of halogens is 2. The van der Waals surface area contributed by atoms with Crippen LogP contribution in [0.25, 0.3) is 0 Å². The smallest absolute Gasteiger partial charge is 0.0441 e. The quantitative estimate of drug-likeness (QED) is 0.434. The molecule has 1 unspecified atom stereocenters. The van der Waals surface area contributed by atoms with E-state index in [1.54, 1.807) is 11.8 Å². The van der Waals surface area contributed by atoms with E-state index >= 15 is 0 Å². The van der Waals surface area contributed by atoms with Crippen LogP contribution in [-0.4, -0.2) is 11.8 Å². The van der Waals surface area contributed by atoms with Gasteiger partial charge in [-0.3, -0.25) is 11.3 Å². The molecule has 0 bridgehead atoms. The Kier molecular flexibility index (Phi) is 6.58. The van der Waals surface area contributed by atoms with E-state index in [0.717, 1.165) is 27.2 Å². The van der Waals surface area contributed by atoms with E-state index in [-0.39, 0.29) is 6.04 Å². The van der Waals surface area contributed by atoms with Crippen molar-refractivity contribution in [2.75, 3.05) is 5.75 Å². The number of thioether (sulfide) groups is 1. The van der Waals surface area contributed by atoms with E-state index in [2.05, 4.69) is 39.6 Å². The van der Waals surface area contributed by atoms with Gasteiger partial charge in [0.15, 0.2) is 0 Å². The van der Waals surface area contributed by atoms with E-state index in [1.807, 2.05) is 31.2 Å². The molecule has 0 spiro atoms. The molecule has 2 aromatic carbocycles. The fourth-order valence-corrected chi connectivity index (χ4v) is 3.92. The van der Waals surface area contributed by atoms with E-state index in [9.17, 15) is 0 Å². The second-order valence-electron chi connectivity index (χ2n) is 4.90. The maximum Gasteiger partial charge on any atom is 0.0441 e. The van der Waals surface area contributed by atoms with Crippen LogP contribution in [0.3, 0.4) is 0 Å². The van der Waals surface area contributed by atoms with Crippen LogP contribution in [0.1, 0.15) is 11.1 Å². The molecule has 5 heteroatoms. The summed E-state index contributed by atoms with van der Waals surface area (Å²) in [6.07, 6.45) is 0.813. The van der Waals surface area contributed by atoms with Crippen molar-refractivity contribution in [1.29, 1.82) is 0 Å². The molecule has 0 aliphatic carbocycles. The van der Waals surface area contributed by atoms with Crippen LogP contribution < -0.4 is 11.3 Å². The third-order valence-corrected chi connectivity index (χ3v) is 5.73. The SMILES string of the molecule is Cc1ccc(CC(CSc2ccccc2Br)NN)c(Cl)c1. The van der Waals surface area contributed by atoms with E-state index < -0.39 is 0 Å². The standard InChI is InChI=1S/C16H18BrClN2S/c1-11-6-7-12(15(18)8-11)9-13(20-19)10-21-16-5-3-2-4-14(16)17/h2-8,13,20H,9-10,19H2,1H3. The lowest BCUT2D eigenvalue weighted by atomic mass is 10.1. The Labute approximate surface area is 143 Å². The molecular weight excluding hydrogens is 368 g/mol. The number of hydrogen-bond donors (Lipinski definition) is 2. The molecule has 0 aliphatic rings. The maximum absolute atomic E-state index is 6.29. The largest absolute Gasteiger partial charge is 0.271 e. The van der Waals surface area contributed by atoms with Crippen molar-refractivity contribution in [3.05, 3.63) is 63.1 Å². The number of benzene rings is 2. The van der Waals surface area contributed by atoms with Crippen LogP contribution in [0.5, 0.6) is 0 Å². The molecule has 0 saturated carbocycles. The highest BCUT2D eigenvalue weighted by Gasteiger charge is 2.12. The second kappa shape index (κ2) is 8.20. The number of aryl methyl sites for hydroxylation is 1. The summed E-state index contributed by atoms with van der Waals surface area (Å²) in [6, 6.07) is 14.5. The zero-order valence-corrected chi connectivity index (χ0v) is 14.9. The minimum absolute atomic E-state index is 0.169. The predicted molar refractivity (Wildman–Crippen MR) is 95.9 cm³/mol.